The van der Waals surface area contributed by atoms with Crippen molar-refractivity contribution in [3.8, 4) is 28.7 Å². The third-order valence-electron chi connectivity index (χ3n) is 9.08. The fraction of sp³-hybridized carbons (Fsp3) is 0.324. The number of hydrogen-bond donors (Lipinski definition) is 3. The van der Waals surface area contributed by atoms with Crippen LogP contribution in [-0.2, 0) is 11.2 Å². The lowest BCUT2D eigenvalue weighted by molar-refractivity contribution is -0.118. The summed E-state index contributed by atoms with van der Waals surface area (Å²) in [6, 6.07) is 14.2. The summed E-state index contributed by atoms with van der Waals surface area (Å²) in [7, 11) is 6.02. The van der Waals surface area contributed by atoms with Gasteiger partial charge in [-0.2, -0.15) is 0 Å². The summed E-state index contributed by atoms with van der Waals surface area (Å²) in [5, 5.41) is 24.9. The summed E-state index contributed by atoms with van der Waals surface area (Å²) in [6.45, 7) is -0.299. The van der Waals surface area contributed by atoms with Gasteiger partial charge in [0.15, 0.2) is 28.6 Å². The topological polar surface area (TPSA) is 166 Å². The molecule has 13 nitrogen and oxygen atoms in total. The van der Waals surface area contributed by atoms with Crippen molar-refractivity contribution in [1.29, 1.82) is 0 Å². The number of aldehydes is 1. The zero-order chi connectivity index (χ0) is 35.5. The molecule has 0 bridgehead atoms. The fourth-order valence-corrected chi connectivity index (χ4v) is 6.71. The van der Waals surface area contributed by atoms with Gasteiger partial charge in [0.25, 0.3) is 5.91 Å². The predicted octanol–water partition coefficient (Wildman–Crippen LogP) is 3.29. The van der Waals surface area contributed by atoms with E-state index < -0.39 is 36.0 Å². The molecule has 3 aromatic carbocycles. The Labute approximate surface area is 287 Å². The number of methoxy groups -OCH3 is 4. The van der Waals surface area contributed by atoms with Crippen molar-refractivity contribution in [1.82, 2.24) is 10.2 Å². The Morgan fingerprint density at radius 2 is 1.74 bits per heavy atom. The van der Waals surface area contributed by atoms with E-state index in [-0.39, 0.29) is 48.9 Å². The minimum atomic E-state index is -1.36. The standard InChI is InChI=1S/C37H38N2O11/c1-45-23-8-9-27(46-2)21(16-23)10-12-39(37(44)30-17-22-6-5-7-28(47-3)33(22)49-30)26-18-25(36(43)38-11-13-40)31-24-14-20(19-41)15-29(48-4)34(24)50-35(31)32(26)42/h5-9,14-19,26,31-32,35,40,42H,10-13H2,1-4H3,(H,38,43)/t26-,31+,32+,35+/m1/s1. The predicted molar refractivity (Wildman–Crippen MR) is 181 cm³/mol. The number of carbonyl (C=O) groups is 3. The van der Waals surface area contributed by atoms with E-state index in [4.69, 9.17) is 28.1 Å². The number of nitrogens with one attached hydrogen (secondary N) is 1. The van der Waals surface area contributed by atoms with E-state index in [1.54, 1.807) is 68.8 Å². The number of amides is 2. The lowest BCUT2D eigenvalue weighted by Gasteiger charge is -2.40. The fourth-order valence-electron chi connectivity index (χ4n) is 6.71. The van der Waals surface area contributed by atoms with Gasteiger partial charge >= 0.3 is 0 Å². The third-order valence-corrected chi connectivity index (χ3v) is 9.08. The monoisotopic (exact) mass is 686 g/mol. The SMILES string of the molecule is COc1ccc(OC)c(CCN(C(=O)c2cc3cccc(OC)c3o2)[C@@H]2C=C(C(=O)NCCO)[C@@H]3c4cc(C=O)cc(OC)c4O[C@@H]3[C@H]2O)c1. The Bertz CT molecular complexity index is 1950. The number of carbonyl (C=O) groups excluding carboxylic acids is 3. The Morgan fingerprint density at radius 3 is 2.44 bits per heavy atom. The largest absolute Gasteiger partial charge is 0.497 e. The molecule has 0 fully saturated rings. The molecular formula is C37H38N2O11. The number of rotatable bonds is 13. The van der Waals surface area contributed by atoms with E-state index in [0.717, 1.165) is 5.56 Å². The first-order valence-corrected chi connectivity index (χ1v) is 16.0. The lowest BCUT2D eigenvalue weighted by Crippen LogP contribution is -2.56. The Hall–Kier alpha value is -5.53. The summed E-state index contributed by atoms with van der Waals surface area (Å²) in [6.07, 6.45) is 0.0541. The van der Waals surface area contributed by atoms with Gasteiger partial charge in [0.05, 0.1) is 47.0 Å². The molecule has 4 atom stereocenters. The maximum atomic E-state index is 14.6. The van der Waals surface area contributed by atoms with Gasteiger partial charge in [-0.3, -0.25) is 14.4 Å². The molecule has 0 saturated heterocycles. The Balaban J connectivity index is 1.47. The van der Waals surface area contributed by atoms with Gasteiger partial charge in [0.1, 0.15) is 30.0 Å². The first kappa shape index (κ1) is 34.3. The van der Waals surface area contributed by atoms with Crippen molar-refractivity contribution in [2.45, 2.75) is 30.6 Å². The molecule has 0 spiro atoms. The highest BCUT2D eigenvalue weighted by molar-refractivity contribution is 5.99. The summed E-state index contributed by atoms with van der Waals surface area (Å²) < 4.78 is 34.4. The number of benzene rings is 3. The number of nitrogens with zero attached hydrogens (tertiary/aromatic N) is 1. The molecule has 1 aromatic heterocycles. The zero-order valence-corrected chi connectivity index (χ0v) is 28.0. The molecule has 3 N–H and O–H groups in total. The molecular weight excluding hydrogens is 648 g/mol. The summed E-state index contributed by atoms with van der Waals surface area (Å²) in [5.74, 6) is 0.208. The minimum absolute atomic E-state index is 0.0102. The van der Waals surface area contributed by atoms with Crippen LogP contribution in [0.5, 0.6) is 28.7 Å². The van der Waals surface area contributed by atoms with Crippen LogP contribution in [0.15, 0.2) is 70.7 Å². The van der Waals surface area contributed by atoms with Crippen molar-refractivity contribution < 1.29 is 52.7 Å². The molecule has 2 heterocycles. The van der Waals surface area contributed by atoms with Gasteiger partial charge in [-0.25, -0.2) is 0 Å². The van der Waals surface area contributed by atoms with Crippen molar-refractivity contribution in [3.05, 3.63) is 88.7 Å². The van der Waals surface area contributed by atoms with Gasteiger partial charge in [-0.1, -0.05) is 12.1 Å². The van der Waals surface area contributed by atoms with Crippen molar-refractivity contribution >= 4 is 29.1 Å². The van der Waals surface area contributed by atoms with E-state index in [1.165, 1.54) is 25.2 Å². The Kier molecular flexibility index (Phi) is 9.98. The second-order valence-corrected chi connectivity index (χ2v) is 11.8. The lowest BCUT2D eigenvalue weighted by atomic mass is 9.77. The quantitative estimate of drug-likeness (QED) is 0.177. The molecule has 50 heavy (non-hydrogen) atoms. The maximum absolute atomic E-state index is 14.6. The van der Waals surface area contributed by atoms with Crippen molar-refractivity contribution in [3.63, 3.8) is 0 Å². The molecule has 2 aliphatic rings. The molecule has 1 aliphatic heterocycles. The molecule has 6 rings (SSSR count). The van der Waals surface area contributed by atoms with Crippen molar-refractivity contribution in [2.24, 2.45) is 0 Å². The Morgan fingerprint density at radius 1 is 0.960 bits per heavy atom. The summed E-state index contributed by atoms with van der Waals surface area (Å²) >= 11 is 0. The molecule has 4 aromatic rings. The minimum Gasteiger partial charge on any atom is -0.497 e. The van der Waals surface area contributed by atoms with Crippen LogP contribution in [0.1, 0.15) is 38.0 Å². The van der Waals surface area contributed by atoms with E-state index in [0.29, 0.717) is 45.6 Å². The average molecular weight is 687 g/mol. The third kappa shape index (κ3) is 6.21. The van der Waals surface area contributed by atoms with Crippen LogP contribution < -0.4 is 29.0 Å². The number of furan rings is 1. The molecule has 2 amide bonds. The first-order chi connectivity index (χ1) is 24.3. The molecule has 1 aliphatic carbocycles. The highest BCUT2D eigenvalue weighted by Crippen LogP contribution is 2.51. The number of ether oxygens (including phenoxy) is 5. The van der Waals surface area contributed by atoms with Crippen LogP contribution in [0.3, 0.4) is 0 Å². The molecule has 262 valence electrons. The summed E-state index contributed by atoms with van der Waals surface area (Å²) in [5.41, 5.74) is 2.07. The van der Waals surface area contributed by atoms with E-state index in [9.17, 15) is 24.6 Å². The van der Waals surface area contributed by atoms with E-state index in [1.807, 2.05) is 0 Å². The van der Waals surface area contributed by atoms with Crippen LogP contribution in [-0.4, -0.2) is 99.6 Å². The highest BCUT2D eigenvalue weighted by atomic mass is 16.5. The van der Waals surface area contributed by atoms with Crippen LogP contribution in [0.4, 0.5) is 0 Å². The number of para-hydroxylation sites is 1. The van der Waals surface area contributed by atoms with E-state index >= 15 is 0 Å². The second-order valence-electron chi connectivity index (χ2n) is 11.8. The van der Waals surface area contributed by atoms with Crippen LogP contribution in [0.2, 0.25) is 0 Å². The maximum Gasteiger partial charge on any atom is 0.290 e. The van der Waals surface area contributed by atoms with Gasteiger partial charge in [0.2, 0.25) is 5.91 Å². The zero-order valence-electron chi connectivity index (χ0n) is 28.0. The molecule has 0 radical (unpaired) electrons. The van der Waals surface area contributed by atoms with Crippen molar-refractivity contribution in [2.75, 3.05) is 48.1 Å². The highest BCUT2D eigenvalue weighted by Gasteiger charge is 2.51. The normalized spacial score (nSPS) is 19.0. The first-order valence-electron chi connectivity index (χ1n) is 16.0. The van der Waals surface area contributed by atoms with Gasteiger partial charge < -0.3 is 48.5 Å². The van der Waals surface area contributed by atoms with Gasteiger partial charge in [-0.05, 0) is 60.5 Å². The van der Waals surface area contributed by atoms with E-state index in [2.05, 4.69) is 5.32 Å². The van der Waals surface area contributed by atoms with Gasteiger partial charge in [-0.15, -0.1) is 0 Å². The molecule has 0 saturated carbocycles. The van der Waals surface area contributed by atoms with Crippen LogP contribution in [0.25, 0.3) is 11.0 Å². The molecule has 0 unspecified atom stereocenters. The number of aliphatic hydroxyl groups excluding tert-OH is 2. The smallest absolute Gasteiger partial charge is 0.290 e. The summed E-state index contributed by atoms with van der Waals surface area (Å²) in [4.78, 5) is 41.6. The number of fused-ring (bicyclic) bond motifs is 4. The van der Waals surface area contributed by atoms with Gasteiger partial charge in [0, 0.05) is 35.2 Å². The molecule has 13 heteroatoms. The number of aliphatic hydroxyl groups is 2. The van der Waals surface area contributed by atoms with Crippen LogP contribution in [0, 0.1) is 0 Å². The van der Waals surface area contributed by atoms with Crippen LogP contribution >= 0.6 is 0 Å². The number of hydrogen-bond acceptors (Lipinski definition) is 11. The average Bonchev–Trinajstić information content (AvgIpc) is 3.77. The second kappa shape index (κ2) is 14.5.